The molecule has 19 heavy (non-hydrogen) atoms. The van der Waals surface area contributed by atoms with E-state index in [1.54, 1.807) is 18.5 Å². The monoisotopic (exact) mass is 283 g/mol. The molecule has 102 valence electrons. The molecule has 2 rings (SSSR count). The summed E-state index contributed by atoms with van der Waals surface area (Å²) >= 11 is 6.01. The van der Waals surface area contributed by atoms with Crippen LogP contribution in [-0.4, -0.2) is 25.8 Å². The lowest BCUT2D eigenvalue weighted by Crippen LogP contribution is -2.28. The number of aromatic nitrogens is 4. The number of carbonyl (C=O) groups is 1. The first kappa shape index (κ1) is 13.5. The van der Waals surface area contributed by atoms with Gasteiger partial charge in [-0.1, -0.05) is 16.8 Å². The zero-order chi connectivity index (χ0) is 14.0. The summed E-state index contributed by atoms with van der Waals surface area (Å²) in [6, 6.07) is 0. The van der Waals surface area contributed by atoms with Crippen molar-refractivity contribution in [2.24, 2.45) is 0 Å². The average molecular weight is 284 g/mol. The minimum atomic E-state index is -0.196. The van der Waals surface area contributed by atoms with Crippen molar-refractivity contribution in [1.29, 1.82) is 0 Å². The minimum Gasteiger partial charge on any atom is -0.345 e. The van der Waals surface area contributed by atoms with Gasteiger partial charge < -0.3 is 9.84 Å². The number of nitrogens with one attached hydrogen (secondary N) is 1. The summed E-state index contributed by atoms with van der Waals surface area (Å²) in [6.07, 6.45) is 0. The number of carbonyl (C=O) groups excluding carboxylic acids is 1. The number of hydrogen-bond donors (Lipinski definition) is 1. The van der Waals surface area contributed by atoms with Gasteiger partial charge in [0.2, 0.25) is 11.8 Å². The topological polar surface area (TPSA) is 85.8 Å². The molecule has 0 saturated heterocycles. The Labute approximate surface area is 114 Å². The van der Waals surface area contributed by atoms with Gasteiger partial charge >= 0.3 is 0 Å². The number of amides is 1. The van der Waals surface area contributed by atoms with Crippen LogP contribution in [-0.2, 0) is 17.9 Å². The van der Waals surface area contributed by atoms with E-state index in [1.165, 1.54) is 0 Å². The second-order valence-corrected chi connectivity index (χ2v) is 4.53. The van der Waals surface area contributed by atoms with Crippen molar-refractivity contribution in [2.75, 3.05) is 0 Å². The first-order valence-electron chi connectivity index (χ1n) is 5.72. The molecule has 0 bridgehead atoms. The van der Waals surface area contributed by atoms with E-state index in [1.807, 2.05) is 6.92 Å². The molecule has 0 aromatic carbocycles. The largest absolute Gasteiger partial charge is 0.345 e. The molecule has 0 radical (unpaired) electrons. The highest BCUT2D eigenvalue weighted by Crippen LogP contribution is 2.18. The third-order valence-electron chi connectivity index (χ3n) is 2.59. The first-order chi connectivity index (χ1) is 8.97. The van der Waals surface area contributed by atoms with E-state index in [-0.39, 0.29) is 19.0 Å². The fraction of sp³-hybridized carbons (Fsp3) is 0.455. The van der Waals surface area contributed by atoms with Crippen molar-refractivity contribution < 1.29 is 9.32 Å². The highest BCUT2D eigenvalue weighted by atomic mass is 35.5. The molecule has 0 aliphatic heterocycles. The Morgan fingerprint density at radius 3 is 2.68 bits per heavy atom. The van der Waals surface area contributed by atoms with Crippen molar-refractivity contribution in [3.05, 3.63) is 28.1 Å². The number of nitrogens with zero attached hydrogens (tertiary/aromatic N) is 4. The van der Waals surface area contributed by atoms with Gasteiger partial charge in [0.15, 0.2) is 5.82 Å². The van der Waals surface area contributed by atoms with E-state index in [0.717, 1.165) is 5.69 Å². The van der Waals surface area contributed by atoms with Crippen LogP contribution in [0, 0.1) is 20.8 Å². The number of rotatable bonds is 4. The van der Waals surface area contributed by atoms with Crippen LogP contribution in [0.3, 0.4) is 0 Å². The molecule has 0 aliphatic carbocycles. The molecule has 7 nitrogen and oxygen atoms in total. The van der Waals surface area contributed by atoms with Gasteiger partial charge in [0.05, 0.1) is 23.0 Å². The van der Waals surface area contributed by atoms with Crippen molar-refractivity contribution in [3.63, 3.8) is 0 Å². The summed E-state index contributed by atoms with van der Waals surface area (Å²) in [6.45, 7) is 5.63. The lowest BCUT2D eigenvalue weighted by atomic mass is 10.4. The van der Waals surface area contributed by atoms with Crippen LogP contribution in [0.1, 0.15) is 23.1 Å². The number of hydrogen-bond acceptors (Lipinski definition) is 5. The fourth-order valence-corrected chi connectivity index (χ4v) is 1.74. The predicted molar refractivity (Wildman–Crippen MR) is 67.6 cm³/mol. The summed E-state index contributed by atoms with van der Waals surface area (Å²) in [5.74, 6) is 0.713. The van der Waals surface area contributed by atoms with Crippen LogP contribution < -0.4 is 5.32 Å². The molecule has 2 aromatic heterocycles. The number of halogens is 1. The molecule has 1 amide bonds. The maximum absolute atomic E-state index is 11.8. The summed E-state index contributed by atoms with van der Waals surface area (Å²) < 4.78 is 6.45. The lowest BCUT2D eigenvalue weighted by molar-refractivity contribution is -0.122. The zero-order valence-corrected chi connectivity index (χ0v) is 11.7. The summed E-state index contributed by atoms with van der Waals surface area (Å²) in [5.41, 5.74) is 1.47. The second kappa shape index (κ2) is 5.40. The second-order valence-electron chi connectivity index (χ2n) is 4.15. The minimum absolute atomic E-state index is 0.104. The van der Waals surface area contributed by atoms with Crippen molar-refractivity contribution >= 4 is 17.5 Å². The molecular formula is C11H14ClN5O2. The van der Waals surface area contributed by atoms with Gasteiger partial charge in [-0.15, -0.1) is 0 Å². The maximum Gasteiger partial charge on any atom is 0.246 e. The SMILES string of the molecule is Cc1noc(CNC(=O)Cn2nc(C)c(Cl)c2C)n1. The molecule has 0 fully saturated rings. The molecule has 0 unspecified atom stereocenters. The lowest BCUT2D eigenvalue weighted by Gasteiger charge is -2.04. The van der Waals surface area contributed by atoms with Crippen LogP contribution >= 0.6 is 11.6 Å². The standard InChI is InChI=1S/C11H14ClN5O2/c1-6-11(12)7(2)17(15-6)5-9(18)13-4-10-14-8(3)16-19-10/h4-5H2,1-3H3,(H,13,18). The molecule has 0 atom stereocenters. The molecule has 2 aromatic rings. The van der Waals surface area contributed by atoms with Gasteiger partial charge in [-0.05, 0) is 20.8 Å². The Morgan fingerprint density at radius 2 is 2.16 bits per heavy atom. The van der Waals surface area contributed by atoms with Crippen molar-refractivity contribution in [2.45, 2.75) is 33.9 Å². The third kappa shape index (κ3) is 3.11. The van der Waals surface area contributed by atoms with E-state index in [2.05, 4.69) is 20.6 Å². The van der Waals surface area contributed by atoms with Gasteiger partial charge in [-0.25, -0.2) is 0 Å². The normalized spacial score (nSPS) is 10.7. The first-order valence-corrected chi connectivity index (χ1v) is 6.10. The Kier molecular flexibility index (Phi) is 3.84. The average Bonchev–Trinajstić information content (AvgIpc) is 2.88. The van der Waals surface area contributed by atoms with Gasteiger partial charge in [-0.2, -0.15) is 10.1 Å². The quantitative estimate of drug-likeness (QED) is 0.910. The maximum atomic E-state index is 11.8. The summed E-state index contributed by atoms with van der Waals surface area (Å²) in [7, 11) is 0. The van der Waals surface area contributed by atoms with E-state index >= 15 is 0 Å². The molecule has 8 heteroatoms. The number of aryl methyl sites for hydroxylation is 2. The zero-order valence-electron chi connectivity index (χ0n) is 10.9. The summed E-state index contributed by atoms with van der Waals surface area (Å²) in [4.78, 5) is 15.7. The molecule has 2 heterocycles. The van der Waals surface area contributed by atoms with Gasteiger partial charge in [-0.3, -0.25) is 9.48 Å². The van der Waals surface area contributed by atoms with Gasteiger partial charge in [0.25, 0.3) is 0 Å². The van der Waals surface area contributed by atoms with Crippen LogP contribution in [0.4, 0.5) is 0 Å². The molecule has 0 saturated carbocycles. The van der Waals surface area contributed by atoms with E-state index in [0.29, 0.717) is 22.4 Å². The van der Waals surface area contributed by atoms with Gasteiger partial charge in [0.1, 0.15) is 6.54 Å². The van der Waals surface area contributed by atoms with E-state index < -0.39 is 0 Å². The van der Waals surface area contributed by atoms with Crippen LogP contribution in [0.2, 0.25) is 5.02 Å². The van der Waals surface area contributed by atoms with Crippen molar-refractivity contribution in [1.82, 2.24) is 25.2 Å². The van der Waals surface area contributed by atoms with E-state index in [4.69, 9.17) is 16.1 Å². The highest BCUT2D eigenvalue weighted by molar-refractivity contribution is 6.31. The third-order valence-corrected chi connectivity index (χ3v) is 3.14. The fourth-order valence-electron chi connectivity index (χ4n) is 1.61. The Bertz CT molecular complexity index is 604. The summed E-state index contributed by atoms with van der Waals surface area (Å²) in [5, 5.41) is 11.1. The Hall–Kier alpha value is -1.89. The molecule has 0 aliphatic rings. The molecular weight excluding hydrogens is 270 g/mol. The molecule has 0 spiro atoms. The highest BCUT2D eigenvalue weighted by Gasteiger charge is 2.12. The smallest absolute Gasteiger partial charge is 0.246 e. The van der Waals surface area contributed by atoms with Crippen LogP contribution in [0.5, 0.6) is 0 Å². The predicted octanol–water partition coefficient (Wildman–Crippen LogP) is 1.16. The van der Waals surface area contributed by atoms with Gasteiger partial charge in [0, 0.05) is 0 Å². The molecule has 1 N–H and O–H groups in total. The van der Waals surface area contributed by atoms with Crippen LogP contribution in [0.25, 0.3) is 0 Å². The van der Waals surface area contributed by atoms with E-state index in [9.17, 15) is 4.79 Å². The Balaban J connectivity index is 1.92. The van der Waals surface area contributed by atoms with Crippen LogP contribution in [0.15, 0.2) is 4.52 Å². The van der Waals surface area contributed by atoms with Crippen molar-refractivity contribution in [3.8, 4) is 0 Å². The Morgan fingerprint density at radius 1 is 1.42 bits per heavy atom.